The van der Waals surface area contributed by atoms with Crippen LogP contribution in [0.15, 0.2) is 28.7 Å². The van der Waals surface area contributed by atoms with E-state index in [2.05, 4.69) is 27.3 Å². The monoisotopic (exact) mass is 322 g/mol. The van der Waals surface area contributed by atoms with Crippen LogP contribution < -0.4 is 5.32 Å². The molecule has 0 aliphatic carbocycles. The predicted octanol–water partition coefficient (Wildman–Crippen LogP) is 3.61. The van der Waals surface area contributed by atoms with Crippen molar-refractivity contribution in [3.63, 3.8) is 0 Å². The molecule has 0 saturated carbocycles. The average Bonchev–Trinajstić information content (AvgIpc) is 2.38. The first-order chi connectivity index (χ1) is 8.80. The number of hydrogen-bond acceptors (Lipinski definition) is 2. The van der Waals surface area contributed by atoms with Crippen molar-refractivity contribution in [2.75, 3.05) is 0 Å². The minimum absolute atomic E-state index is 0.0542. The van der Waals surface area contributed by atoms with Crippen LogP contribution in [0, 0.1) is 17.2 Å². The SMILES string of the molecule is CC(C(=O)NC(C)(C#N)C(C)C)c1ccc(Br)cc1. The summed E-state index contributed by atoms with van der Waals surface area (Å²) in [6, 6.07) is 9.82. The normalized spacial score (nSPS) is 15.4. The zero-order chi connectivity index (χ0) is 14.6. The third kappa shape index (κ3) is 3.81. The van der Waals surface area contributed by atoms with Gasteiger partial charge in [0.2, 0.25) is 5.91 Å². The maximum Gasteiger partial charge on any atom is 0.228 e. The van der Waals surface area contributed by atoms with Gasteiger partial charge in [-0.3, -0.25) is 4.79 Å². The lowest BCUT2D eigenvalue weighted by Crippen LogP contribution is -2.50. The van der Waals surface area contributed by atoms with E-state index in [1.807, 2.05) is 45.0 Å². The molecule has 0 spiro atoms. The van der Waals surface area contributed by atoms with Gasteiger partial charge in [0.25, 0.3) is 0 Å². The molecule has 2 unspecified atom stereocenters. The number of rotatable bonds is 4. The Morgan fingerprint density at radius 3 is 2.26 bits per heavy atom. The fraction of sp³-hybridized carbons (Fsp3) is 0.467. The molecule has 1 aromatic rings. The minimum atomic E-state index is -0.833. The standard InChI is InChI=1S/C15H19BrN2O/c1-10(2)15(4,9-17)18-14(19)11(3)12-5-7-13(16)8-6-12/h5-8,10-11H,1-4H3,(H,18,19). The highest BCUT2D eigenvalue weighted by molar-refractivity contribution is 9.10. The van der Waals surface area contributed by atoms with Gasteiger partial charge in [0.1, 0.15) is 5.54 Å². The van der Waals surface area contributed by atoms with Gasteiger partial charge in [-0.2, -0.15) is 5.26 Å². The third-order valence-electron chi connectivity index (χ3n) is 3.53. The molecule has 0 aromatic heterocycles. The topological polar surface area (TPSA) is 52.9 Å². The largest absolute Gasteiger partial charge is 0.337 e. The Bertz CT molecular complexity index is 490. The molecule has 102 valence electrons. The third-order valence-corrected chi connectivity index (χ3v) is 4.06. The summed E-state index contributed by atoms with van der Waals surface area (Å²) in [5.41, 5.74) is 0.102. The molecule has 4 heteroatoms. The molecule has 2 atom stereocenters. The van der Waals surface area contributed by atoms with E-state index in [-0.39, 0.29) is 17.7 Å². The van der Waals surface area contributed by atoms with Gasteiger partial charge in [0.05, 0.1) is 12.0 Å². The van der Waals surface area contributed by atoms with E-state index < -0.39 is 5.54 Å². The summed E-state index contributed by atoms with van der Waals surface area (Å²) in [4.78, 5) is 12.2. The van der Waals surface area contributed by atoms with E-state index >= 15 is 0 Å². The van der Waals surface area contributed by atoms with Crippen LogP contribution in [-0.2, 0) is 4.79 Å². The number of carbonyl (C=O) groups excluding carboxylic acids is 1. The van der Waals surface area contributed by atoms with Crippen molar-refractivity contribution < 1.29 is 4.79 Å². The second kappa shape index (κ2) is 6.21. The van der Waals surface area contributed by atoms with Gasteiger partial charge in [0, 0.05) is 4.47 Å². The summed E-state index contributed by atoms with van der Waals surface area (Å²) in [6.07, 6.45) is 0. The second-order valence-electron chi connectivity index (χ2n) is 5.23. The Balaban J connectivity index is 2.84. The van der Waals surface area contributed by atoms with Gasteiger partial charge >= 0.3 is 0 Å². The summed E-state index contributed by atoms with van der Waals surface area (Å²) in [6.45, 7) is 7.45. The molecule has 0 aliphatic rings. The lowest BCUT2D eigenvalue weighted by atomic mass is 9.88. The highest BCUT2D eigenvalue weighted by Gasteiger charge is 2.31. The van der Waals surface area contributed by atoms with Gasteiger partial charge in [0.15, 0.2) is 0 Å². The molecule has 3 nitrogen and oxygen atoms in total. The van der Waals surface area contributed by atoms with Crippen LogP contribution in [0.1, 0.15) is 39.2 Å². The molecule has 1 N–H and O–H groups in total. The smallest absolute Gasteiger partial charge is 0.228 e. The predicted molar refractivity (Wildman–Crippen MR) is 79.6 cm³/mol. The van der Waals surface area contributed by atoms with Gasteiger partial charge in [-0.15, -0.1) is 0 Å². The number of nitrogens with zero attached hydrogens (tertiary/aromatic N) is 1. The number of hydrogen-bond donors (Lipinski definition) is 1. The van der Waals surface area contributed by atoms with E-state index in [0.29, 0.717) is 0 Å². The molecule has 19 heavy (non-hydrogen) atoms. The minimum Gasteiger partial charge on any atom is -0.337 e. The van der Waals surface area contributed by atoms with Crippen molar-refractivity contribution in [2.45, 2.75) is 39.2 Å². The van der Waals surface area contributed by atoms with Gasteiger partial charge < -0.3 is 5.32 Å². The van der Waals surface area contributed by atoms with Crippen LogP contribution in [0.2, 0.25) is 0 Å². The number of benzene rings is 1. The summed E-state index contributed by atoms with van der Waals surface area (Å²) in [5.74, 6) is -0.349. The molecule has 0 saturated heterocycles. The number of carbonyl (C=O) groups is 1. The van der Waals surface area contributed by atoms with Crippen molar-refractivity contribution in [1.82, 2.24) is 5.32 Å². The van der Waals surface area contributed by atoms with Crippen LogP contribution >= 0.6 is 15.9 Å². The van der Waals surface area contributed by atoms with Gasteiger partial charge in [-0.1, -0.05) is 41.9 Å². The molecular weight excluding hydrogens is 304 g/mol. The zero-order valence-electron chi connectivity index (χ0n) is 11.7. The van der Waals surface area contributed by atoms with E-state index in [1.54, 1.807) is 6.92 Å². The first kappa shape index (κ1) is 15.7. The van der Waals surface area contributed by atoms with E-state index in [1.165, 1.54) is 0 Å². The second-order valence-corrected chi connectivity index (χ2v) is 6.15. The van der Waals surface area contributed by atoms with E-state index in [9.17, 15) is 10.1 Å². The number of amides is 1. The van der Waals surface area contributed by atoms with Crippen molar-refractivity contribution >= 4 is 21.8 Å². The lowest BCUT2D eigenvalue weighted by molar-refractivity contribution is -0.123. The fourth-order valence-corrected chi connectivity index (χ4v) is 1.83. The van der Waals surface area contributed by atoms with E-state index in [0.717, 1.165) is 10.0 Å². The molecule has 0 radical (unpaired) electrons. The van der Waals surface area contributed by atoms with E-state index in [4.69, 9.17) is 0 Å². The molecular formula is C15H19BrN2O. The zero-order valence-corrected chi connectivity index (χ0v) is 13.3. The summed E-state index contributed by atoms with van der Waals surface area (Å²) in [7, 11) is 0. The number of nitriles is 1. The lowest BCUT2D eigenvalue weighted by Gasteiger charge is -2.28. The van der Waals surface area contributed by atoms with Crippen LogP contribution in [0.5, 0.6) is 0 Å². The molecule has 0 heterocycles. The Morgan fingerprint density at radius 1 is 1.32 bits per heavy atom. The Labute approximate surface area is 123 Å². The van der Waals surface area contributed by atoms with Crippen LogP contribution in [0.4, 0.5) is 0 Å². The Morgan fingerprint density at radius 2 is 1.84 bits per heavy atom. The first-order valence-corrected chi connectivity index (χ1v) is 7.08. The molecule has 0 fully saturated rings. The first-order valence-electron chi connectivity index (χ1n) is 6.29. The van der Waals surface area contributed by atoms with Crippen molar-refractivity contribution in [2.24, 2.45) is 5.92 Å². The van der Waals surface area contributed by atoms with Gasteiger partial charge in [-0.05, 0) is 37.5 Å². The fourth-order valence-electron chi connectivity index (χ4n) is 1.57. The van der Waals surface area contributed by atoms with Crippen molar-refractivity contribution in [1.29, 1.82) is 5.26 Å². The molecule has 0 bridgehead atoms. The molecule has 1 rings (SSSR count). The Hall–Kier alpha value is -1.34. The van der Waals surface area contributed by atoms with Crippen LogP contribution in [0.3, 0.4) is 0 Å². The van der Waals surface area contributed by atoms with Crippen LogP contribution in [0.25, 0.3) is 0 Å². The summed E-state index contributed by atoms with van der Waals surface area (Å²) in [5, 5.41) is 12.1. The summed E-state index contributed by atoms with van der Waals surface area (Å²) < 4.78 is 0.980. The summed E-state index contributed by atoms with van der Waals surface area (Å²) >= 11 is 3.37. The quantitative estimate of drug-likeness (QED) is 0.920. The Kier molecular flexibility index (Phi) is 5.13. The maximum absolute atomic E-state index is 12.2. The molecule has 1 amide bonds. The van der Waals surface area contributed by atoms with Gasteiger partial charge in [-0.25, -0.2) is 0 Å². The van der Waals surface area contributed by atoms with Crippen molar-refractivity contribution in [3.05, 3.63) is 34.3 Å². The number of halogens is 1. The average molecular weight is 323 g/mol. The highest BCUT2D eigenvalue weighted by atomic mass is 79.9. The molecule has 0 aliphatic heterocycles. The number of nitrogens with one attached hydrogen (secondary N) is 1. The van der Waals surface area contributed by atoms with Crippen molar-refractivity contribution in [3.8, 4) is 6.07 Å². The highest BCUT2D eigenvalue weighted by Crippen LogP contribution is 2.21. The van der Waals surface area contributed by atoms with Crippen LogP contribution in [-0.4, -0.2) is 11.4 Å². The molecule has 1 aromatic carbocycles. The maximum atomic E-state index is 12.2.